The molecular formula is C39H38N2. The highest BCUT2D eigenvalue weighted by Crippen LogP contribution is 2.64. The van der Waals surface area contributed by atoms with E-state index in [0.29, 0.717) is 17.7 Å². The molecule has 2 N–H and O–H groups in total. The predicted octanol–water partition coefficient (Wildman–Crippen LogP) is 7.34. The van der Waals surface area contributed by atoms with Gasteiger partial charge in [-0.1, -0.05) is 103 Å². The van der Waals surface area contributed by atoms with E-state index in [4.69, 9.17) is 10.7 Å². The second kappa shape index (κ2) is 10.0. The molecule has 0 heterocycles. The van der Waals surface area contributed by atoms with Gasteiger partial charge in [-0.05, 0) is 96.7 Å². The lowest BCUT2D eigenvalue weighted by atomic mass is 9.62. The Morgan fingerprint density at radius 3 is 2.68 bits per heavy atom. The average Bonchev–Trinajstić information content (AvgIpc) is 3.41. The van der Waals surface area contributed by atoms with Gasteiger partial charge in [-0.3, -0.25) is 0 Å². The van der Waals surface area contributed by atoms with Crippen molar-refractivity contribution in [1.29, 1.82) is 0 Å². The maximum absolute atomic E-state index is 6.89. The van der Waals surface area contributed by atoms with Crippen LogP contribution in [0.5, 0.6) is 0 Å². The number of allylic oxidation sites excluding steroid dienone is 7. The summed E-state index contributed by atoms with van der Waals surface area (Å²) < 4.78 is 0. The van der Waals surface area contributed by atoms with E-state index in [1.807, 2.05) is 0 Å². The van der Waals surface area contributed by atoms with Gasteiger partial charge in [0.1, 0.15) is 5.84 Å². The third kappa shape index (κ3) is 3.80. The van der Waals surface area contributed by atoms with E-state index in [9.17, 15) is 0 Å². The molecule has 0 aliphatic heterocycles. The van der Waals surface area contributed by atoms with Crippen LogP contribution in [-0.4, -0.2) is 5.84 Å². The lowest BCUT2D eigenvalue weighted by Gasteiger charge is -2.39. The van der Waals surface area contributed by atoms with Crippen molar-refractivity contribution >= 4 is 23.2 Å². The summed E-state index contributed by atoms with van der Waals surface area (Å²) in [6.45, 7) is 6.79. The highest BCUT2D eigenvalue weighted by Gasteiger charge is 2.57. The Balaban J connectivity index is 1.39. The van der Waals surface area contributed by atoms with Crippen molar-refractivity contribution < 1.29 is 0 Å². The van der Waals surface area contributed by atoms with Gasteiger partial charge in [-0.2, -0.15) is 0 Å². The van der Waals surface area contributed by atoms with Crippen LogP contribution in [0.25, 0.3) is 17.3 Å². The van der Waals surface area contributed by atoms with Crippen LogP contribution in [0.2, 0.25) is 0 Å². The van der Waals surface area contributed by atoms with E-state index in [2.05, 4.69) is 124 Å². The molecule has 3 aromatic carbocycles. The molecule has 0 radical (unpaired) electrons. The SMILES string of the molecule is C/C=C\C1=C(C)C2C=CCCC2C12C(C)=C(/N=C(\N)c1cccc(C3=c4ccccc4=CCC3)c1)c1ccccc12. The van der Waals surface area contributed by atoms with Gasteiger partial charge >= 0.3 is 0 Å². The van der Waals surface area contributed by atoms with E-state index >= 15 is 0 Å². The molecular weight excluding hydrogens is 496 g/mol. The maximum Gasteiger partial charge on any atom is 0.131 e. The monoisotopic (exact) mass is 534 g/mol. The van der Waals surface area contributed by atoms with Crippen LogP contribution in [0, 0.1) is 11.8 Å². The van der Waals surface area contributed by atoms with Crippen LogP contribution in [-0.2, 0) is 5.41 Å². The summed E-state index contributed by atoms with van der Waals surface area (Å²) in [6, 6.07) is 26.3. The quantitative estimate of drug-likeness (QED) is 0.212. The van der Waals surface area contributed by atoms with E-state index in [-0.39, 0.29) is 5.41 Å². The number of aliphatic imine (C=N–C) groups is 1. The topological polar surface area (TPSA) is 38.4 Å². The van der Waals surface area contributed by atoms with Crippen molar-refractivity contribution in [2.24, 2.45) is 22.6 Å². The number of fused-ring (bicyclic) bond motifs is 5. The van der Waals surface area contributed by atoms with E-state index in [1.54, 1.807) is 0 Å². The van der Waals surface area contributed by atoms with Crippen LogP contribution in [0.3, 0.4) is 0 Å². The average molecular weight is 535 g/mol. The van der Waals surface area contributed by atoms with Crippen molar-refractivity contribution in [3.8, 4) is 0 Å². The molecule has 3 atom stereocenters. The van der Waals surface area contributed by atoms with Crippen molar-refractivity contribution in [3.05, 3.63) is 147 Å². The first-order valence-electron chi connectivity index (χ1n) is 15.1. The predicted molar refractivity (Wildman–Crippen MR) is 173 cm³/mol. The fraction of sp³-hybridized carbons (Fsp3) is 0.256. The molecule has 0 saturated carbocycles. The number of hydrogen-bond acceptors (Lipinski definition) is 1. The van der Waals surface area contributed by atoms with Gasteiger partial charge in [0.15, 0.2) is 0 Å². The minimum atomic E-state index is -0.165. The van der Waals surface area contributed by atoms with Gasteiger partial charge in [0.05, 0.1) is 5.70 Å². The summed E-state index contributed by atoms with van der Waals surface area (Å²) >= 11 is 0. The summed E-state index contributed by atoms with van der Waals surface area (Å²) in [5, 5.41) is 2.65. The van der Waals surface area contributed by atoms with Gasteiger partial charge in [0.2, 0.25) is 0 Å². The molecule has 2 heteroatoms. The summed E-state index contributed by atoms with van der Waals surface area (Å²) in [6.07, 6.45) is 16.1. The van der Waals surface area contributed by atoms with Gasteiger partial charge in [0.25, 0.3) is 0 Å². The number of nitrogens with zero attached hydrogens (tertiary/aromatic N) is 1. The third-order valence-corrected chi connectivity index (χ3v) is 10.00. The Morgan fingerprint density at radius 2 is 1.80 bits per heavy atom. The van der Waals surface area contributed by atoms with E-state index < -0.39 is 0 Å². The summed E-state index contributed by atoms with van der Waals surface area (Å²) in [7, 11) is 0. The molecule has 0 bridgehead atoms. The first-order chi connectivity index (χ1) is 20.1. The van der Waals surface area contributed by atoms with Crippen molar-refractivity contribution in [3.63, 3.8) is 0 Å². The molecule has 3 unspecified atom stereocenters. The molecule has 4 aliphatic carbocycles. The number of rotatable bonds is 4. The zero-order chi connectivity index (χ0) is 28.1. The highest BCUT2D eigenvalue weighted by atomic mass is 14.9. The van der Waals surface area contributed by atoms with Gasteiger partial charge in [-0.15, -0.1) is 0 Å². The smallest absolute Gasteiger partial charge is 0.131 e. The molecule has 0 amide bonds. The lowest BCUT2D eigenvalue weighted by Crippen LogP contribution is -2.36. The molecule has 0 aromatic heterocycles. The second-order valence-electron chi connectivity index (χ2n) is 11.9. The minimum Gasteiger partial charge on any atom is -0.383 e. The van der Waals surface area contributed by atoms with Gasteiger partial charge in [-0.25, -0.2) is 4.99 Å². The lowest BCUT2D eigenvalue weighted by molar-refractivity contribution is 0.318. The van der Waals surface area contributed by atoms with Crippen molar-refractivity contribution in [2.75, 3.05) is 0 Å². The highest BCUT2D eigenvalue weighted by molar-refractivity contribution is 6.02. The van der Waals surface area contributed by atoms with E-state index in [1.165, 1.54) is 55.8 Å². The Morgan fingerprint density at radius 1 is 0.976 bits per heavy atom. The normalized spacial score (nSPS) is 25.1. The second-order valence-corrected chi connectivity index (χ2v) is 11.9. The molecule has 1 spiro atoms. The summed E-state index contributed by atoms with van der Waals surface area (Å²) in [4.78, 5) is 5.27. The fourth-order valence-electron chi connectivity index (χ4n) is 8.28. The minimum absolute atomic E-state index is 0.165. The Kier molecular flexibility index (Phi) is 6.31. The van der Waals surface area contributed by atoms with Crippen LogP contribution in [0.15, 0.2) is 119 Å². The number of nitrogens with two attached hydrogens (primary N) is 1. The number of hydrogen-bond donors (Lipinski definition) is 1. The Bertz CT molecular complexity index is 1840. The zero-order valence-electron chi connectivity index (χ0n) is 24.3. The molecule has 0 saturated heterocycles. The van der Waals surface area contributed by atoms with Crippen LogP contribution >= 0.6 is 0 Å². The van der Waals surface area contributed by atoms with Gasteiger partial charge in [0, 0.05) is 22.5 Å². The largest absolute Gasteiger partial charge is 0.383 e. The van der Waals surface area contributed by atoms with Crippen LogP contribution < -0.4 is 16.2 Å². The summed E-state index contributed by atoms with van der Waals surface area (Å²) in [5.41, 5.74) is 18.2. The van der Waals surface area contributed by atoms with Gasteiger partial charge < -0.3 is 5.73 Å². The third-order valence-electron chi connectivity index (χ3n) is 10.00. The molecule has 41 heavy (non-hydrogen) atoms. The Hall–Kier alpha value is -4.17. The molecule has 3 aromatic rings. The number of benzene rings is 3. The summed E-state index contributed by atoms with van der Waals surface area (Å²) in [5.74, 6) is 1.54. The van der Waals surface area contributed by atoms with Crippen LogP contribution in [0.1, 0.15) is 68.7 Å². The Labute approximate surface area is 243 Å². The molecule has 0 fully saturated rings. The standard InChI is InChI=1S/C39H38N2/c1-4-13-34-25(2)30-18-7-9-22-35(30)39(34)26(3)37(33-20-8-10-23-36(33)39)41-38(40)29-17-11-16-28(24-29)32-21-12-15-27-14-5-6-19-31(27)32/h4-8,10-11,13-20,23-24,30,35H,9,12,21-22H2,1-3H3,(H2,40,41)/b13-4-. The van der Waals surface area contributed by atoms with Crippen molar-refractivity contribution in [2.45, 2.75) is 51.9 Å². The molecule has 7 rings (SSSR count). The van der Waals surface area contributed by atoms with E-state index in [0.717, 1.165) is 30.5 Å². The van der Waals surface area contributed by atoms with Crippen molar-refractivity contribution in [1.82, 2.24) is 0 Å². The first-order valence-corrected chi connectivity index (χ1v) is 15.1. The maximum atomic E-state index is 6.89. The first kappa shape index (κ1) is 25.8. The zero-order valence-corrected chi connectivity index (χ0v) is 24.3. The van der Waals surface area contributed by atoms with Crippen LogP contribution in [0.4, 0.5) is 0 Å². The molecule has 2 nitrogen and oxygen atoms in total. The molecule has 4 aliphatic rings. The number of amidine groups is 1. The molecule has 204 valence electrons. The fourth-order valence-corrected chi connectivity index (χ4v) is 8.28.